The Morgan fingerprint density at radius 2 is 1.81 bits per heavy atom. The number of aromatic amines is 1. The average Bonchev–Trinajstić information content (AvgIpc) is 3.23. The Morgan fingerprint density at radius 1 is 1.06 bits per heavy atom. The summed E-state index contributed by atoms with van der Waals surface area (Å²) in [5.41, 5.74) is 0.712. The Hall–Kier alpha value is -3.26. The summed E-state index contributed by atoms with van der Waals surface area (Å²) in [6, 6.07) is 15.1. The highest BCUT2D eigenvalue weighted by molar-refractivity contribution is 7.18. The number of hydrogen-bond donors (Lipinski definition) is 1. The highest BCUT2D eigenvalue weighted by atomic mass is 32.1. The number of likely N-dealkylation sites (tertiary alicyclic amines) is 1. The normalized spacial score (nSPS) is 15.0. The van der Waals surface area contributed by atoms with Crippen LogP contribution in [0.5, 0.6) is 0 Å². The molecule has 0 bridgehead atoms. The molecular formula is C23H22N4O3S. The lowest BCUT2D eigenvalue weighted by molar-refractivity contribution is -0.132. The van der Waals surface area contributed by atoms with E-state index in [4.69, 9.17) is 4.98 Å². The molecule has 1 aliphatic heterocycles. The number of carbonyl (C=O) groups is 1. The third kappa shape index (κ3) is 3.79. The average molecular weight is 435 g/mol. The molecule has 0 saturated carbocycles. The summed E-state index contributed by atoms with van der Waals surface area (Å²) >= 11 is 1.74. The van der Waals surface area contributed by atoms with E-state index < -0.39 is 11.2 Å². The number of hydrogen-bond acceptors (Lipinski definition) is 5. The Morgan fingerprint density at radius 3 is 2.61 bits per heavy atom. The molecule has 0 atom stereocenters. The maximum Gasteiger partial charge on any atom is 0.328 e. The molecule has 31 heavy (non-hydrogen) atoms. The minimum atomic E-state index is -0.481. The SMILES string of the molecule is O=C(CCn1c(=O)[nH]c(=O)c2ccccc21)N1CCC(c2nc3ccccc3s2)CC1. The van der Waals surface area contributed by atoms with Crippen LogP contribution >= 0.6 is 11.3 Å². The van der Waals surface area contributed by atoms with E-state index in [0.717, 1.165) is 23.4 Å². The van der Waals surface area contributed by atoms with Crippen LogP contribution in [-0.2, 0) is 11.3 Å². The number of carbonyl (C=O) groups excluding carboxylic acids is 1. The molecule has 0 aliphatic carbocycles. The first-order chi connectivity index (χ1) is 15.1. The van der Waals surface area contributed by atoms with E-state index in [-0.39, 0.29) is 18.9 Å². The van der Waals surface area contributed by atoms with Crippen LogP contribution in [0.15, 0.2) is 58.1 Å². The summed E-state index contributed by atoms with van der Waals surface area (Å²) < 4.78 is 2.68. The molecule has 5 rings (SSSR count). The minimum Gasteiger partial charge on any atom is -0.343 e. The number of nitrogens with one attached hydrogen (secondary N) is 1. The zero-order chi connectivity index (χ0) is 21.4. The molecule has 1 aliphatic rings. The van der Waals surface area contributed by atoms with E-state index in [1.54, 1.807) is 35.6 Å². The Bertz CT molecular complexity index is 1350. The van der Waals surface area contributed by atoms with Crippen LogP contribution in [0.25, 0.3) is 21.1 Å². The summed E-state index contributed by atoms with van der Waals surface area (Å²) in [6.07, 6.45) is 2.02. The summed E-state index contributed by atoms with van der Waals surface area (Å²) in [5.74, 6) is 0.414. The molecule has 8 heteroatoms. The fourth-order valence-corrected chi connectivity index (χ4v) is 5.41. The van der Waals surface area contributed by atoms with Gasteiger partial charge in [0.15, 0.2) is 0 Å². The molecule has 0 spiro atoms. The fraction of sp³-hybridized carbons (Fsp3) is 0.304. The molecular weight excluding hydrogens is 412 g/mol. The first-order valence-corrected chi connectivity index (χ1v) is 11.3. The number of para-hydroxylation sites is 2. The van der Waals surface area contributed by atoms with Gasteiger partial charge in [0, 0.05) is 32.0 Å². The Balaban J connectivity index is 1.24. The topological polar surface area (TPSA) is 88.1 Å². The van der Waals surface area contributed by atoms with Crippen molar-refractivity contribution in [3.05, 3.63) is 74.4 Å². The molecule has 1 saturated heterocycles. The van der Waals surface area contributed by atoms with Gasteiger partial charge in [0.05, 0.1) is 26.1 Å². The largest absolute Gasteiger partial charge is 0.343 e. The van der Waals surface area contributed by atoms with E-state index >= 15 is 0 Å². The molecule has 1 amide bonds. The maximum absolute atomic E-state index is 12.8. The number of nitrogens with zero attached hydrogens (tertiary/aromatic N) is 3. The van der Waals surface area contributed by atoms with Crippen LogP contribution < -0.4 is 11.2 Å². The summed E-state index contributed by atoms with van der Waals surface area (Å²) in [7, 11) is 0. The van der Waals surface area contributed by atoms with Gasteiger partial charge in [0.1, 0.15) is 0 Å². The lowest BCUT2D eigenvalue weighted by Gasteiger charge is -2.31. The molecule has 2 aromatic heterocycles. The fourth-order valence-electron chi connectivity index (χ4n) is 4.27. The number of H-pyrrole nitrogens is 1. The first kappa shape index (κ1) is 19.7. The molecule has 2 aromatic carbocycles. The van der Waals surface area contributed by atoms with Crippen molar-refractivity contribution in [3.63, 3.8) is 0 Å². The predicted molar refractivity (Wildman–Crippen MR) is 122 cm³/mol. The van der Waals surface area contributed by atoms with Gasteiger partial charge in [-0.15, -0.1) is 11.3 Å². The summed E-state index contributed by atoms with van der Waals surface area (Å²) in [4.78, 5) is 46.1. The van der Waals surface area contributed by atoms with Gasteiger partial charge in [-0.3, -0.25) is 19.1 Å². The number of aryl methyl sites for hydroxylation is 1. The van der Waals surface area contributed by atoms with Crippen LogP contribution in [0.3, 0.4) is 0 Å². The van der Waals surface area contributed by atoms with Gasteiger partial charge in [-0.1, -0.05) is 24.3 Å². The molecule has 1 N–H and O–H groups in total. The van der Waals surface area contributed by atoms with Crippen molar-refractivity contribution in [1.29, 1.82) is 0 Å². The third-order valence-electron chi connectivity index (χ3n) is 5.96. The van der Waals surface area contributed by atoms with Crippen LogP contribution in [0.1, 0.15) is 30.2 Å². The van der Waals surface area contributed by atoms with E-state index in [1.165, 1.54) is 9.27 Å². The molecule has 7 nitrogen and oxygen atoms in total. The standard InChI is InChI=1S/C23H22N4O3S/c28-20(11-14-27-18-7-3-1-5-16(18)21(29)25-23(27)30)26-12-9-15(10-13-26)22-24-17-6-2-4-8-19(17)31-22/h1-8,15H,9-14H2,(H,25,29,30). The zero-order valence-electron chi connectivity index (χ0n) is 16.9. The summed E-state index contributed by atoms with van der Waals surface area (Å²) in [5, 5.41) is 1.60. The molecule has 4 aromatic rings. The second-order valence-corrected chi connectivity index (χ2v) is 8.92. The van der Waals surface area contributed by atoms with Gasteiger partial charge >= 0.3 is 5.69 Å². The van der Waals surface area contributed by atoms with Gasteiger partial charge in [0.25, 0.3) is 5.56 Å². The lowest BCUT2D eigenvalue weighted by atomic mass is 9.97. The predicted octanol–water partition coefficient (Wildman–Crippen LogP) is 3.10. The number of piperidine rings is 1. The monoisotopic (exact) mass is 434 g/mol. The number of aromatic nitrogens is 3. The van der Waals surface area contributed by atoms with E-state index in [1.807, 2.05) is 23.1 Å². The van der Waals surface area contributed by atoms with Crippen molar-refractivity contribution in [2.75, 3.05) is 13.1 Å². The van der Waals surface area contributed by atoms with Crippen molar-refractivity contribution in [2.24, 2.45) is 0 Å². The van der Waals surface area contributed by atoms with Crippen LogP contribution in [-0.4, -0.2) is 38.4 Å². The molecule has 0 radical (unpaired) electrons. The van der Waals surface area contributed by atoms with E-state index in [2.05, 4.69) is 11.1 Å². The molecule has 158 valence electrons. The van der Waals surface area contributed by atoms with Crippen LogP contribution in [0.2, 0.25) is 0 Å². The highest BCUT2D eigenvalue weighted by Crippen LogP contribution is 2.33. The Kier molecular flexibility index (Phi) is 5.15. The minimum absolute atomic E-state index is 0.0323. The van der Waals surface area contributed by atoms with Gasteiger partial charge < -0.3 is 4.90 Å². The van der Waals surface area contributed by atoms with Crippen molar-refractivity contribution in [2.45, 2.75) is 31.7 Å². The summed E-state index contributed by atoms with van der Waals surface area (Å²) in [6.45, 7) is 1.63. The van der Waals surface area contributed by atoms with Crippen LogP contribution in [0, 0.1) is 0 Å². The molecule has 0 unspecified atom stereocenters. The second kappa shape index (κ2) is 8.11. The van der Waals surface area contributed by atoms with Crippen molar-refractivity contribution in [1.82, 2.24) is 19.4 Å². The van der Waals surface area contributed by atoms with Crippen LogP contribution in [0.4, 0.5) is 0 Å². The van der Waals surface area contributed by atoms with Crippen molar-refractivity contribution < 1.29 is 4.79 Å². The van der Waals surface area contributed by atoms with Crippen molar-refractivity contribution >= 4 is 38.4 Å². The van der Waals surface area contributed by atoms with Crippen molar-refractivity contribution in [3.8, 4) is 0 Å². The first-order valence-electron chi connectivity index (χ1n) is 10.5. The van der Waals surface area contributed by atoms with Gasteiger partial charge in [-0.2, -0.15) is 0 Å². The third-order valence-corrected chi connectivity index (χ3v) is 7.16. The Labute approximate surface area is 182 Å². The number of benzene rings is 2. The number of rotatable bonds is 4. The van der Waals surface area contributed by atoms with Gasteiger partial charge in [-0.25, -0.2) is 9.78 Å². The highest BCUT2D eigenvalue weighted by Gasteiger charge is 2.26. The van der Waals surface area contributed by atoms with Gasteiger partial charge in [0.2, 0.25) is 5.91 Å². The smallest absolute Gasteiger partial charge is 0.328 e. The number of amides is 1. The molecule has 1 fully saturated rings. The zero-order valence-corrected chi connectivity index (χ0v) is 17.7. The molecule has 3 heterocycles. The maximum atomic E-state index is 12.8. The lowest BCUT2D eigenvalue weighted by Crippen LogP contribution is -2.39. The van der Waals surface area contributed by atoms with E-state index in [0.29, 0.717) is 29.9 Å². The van der Waals surface area contributed by atoms with Gasteiger partial charge in [-0.05, 0) is 37.1 Å². The second-order valence-electron chi connectivity index (χ2n) is 7.85. The van der Waals surface area contributed by atoms with E-state index in [9.17, 15) is 14.4 Å². The number of thiazole rings is 1. The number of fused-ring (bicyclic) bond motifs is 2. The quantitative estimate of drug-likeness (QED) is 0.535.